The first-order chi connectivity index (χ1) is 10.2. The van der Waals surface area contributed by atoms with E-state index >= 15 is 0 Å². The molecule has 4 heteroatoms. The third-order valence-corrected chi connectivity index (χ3v) is 3.65. The molecule has 0 saturated heterocycles. The van der Waals surface area contributed by atoms with E-state index in [0.717, 1.165) is 37.5 Å². The predicted molar refractivity (Wildman–Crippen MR) is 85.9 cm³/mol. The molecule has 1 N–H and O–H groups in total. The molecule has 0 fully saturated rings. The van der Waals surface area contributed by atoms with E-state index in [1.165, 1.54) is 11.3 Å². The molecule has 0 spiro atoms. The fourth-order valence-electron chi connectivity index (χ4n) is 2.47. The van der Waals surface area contributed by atoms with Crippen molar-refractivity contribution in [3.63, 3.8) is 0 Å². The van der Waals surface area contributed by atoms with Crippen molar-refractivity contribution in [1.82, 2.24) is 15.1 Å². The summed E-state index contributed by atoms with van der Waals surface area (Å²) in [4.78, 5) is 0. The normalized spacial score (nSPS) is 10.8. The summed E-state index contributed by atoms with van der Waals surface area (Å²) in [7, 11) is 0. The van der Waals surface area contributed by atoms with Gasteiger partial charge in [-0.15, -0.1) is 0 Å². The number of hydrogen-bond donors (Lipinski definition) is 1. The molecule has 0 bridgehead atoms. The van der Waals surface area contributed by atoms with Gasteiger partial charge in [0.25, 0.3) is 0 Å². The van der Waals surface area contributed by atoms with Crippen molar-refractivity contribution >= 4 is 0 Å². The van der Waals surface area contributed by atoms with Crippen LogP contribution in [0.15, 0.2) is 30.3 Å². The second kappa shape index (κ2) is 7.84. The molecule has 0 saturated carbocycles. The lowest BCUT2D eigenvalue weighted by Crippen LogP contribution is -2.17. The van der Waals surface area contributed by atoms with Crippen molar-refractivity contribution in [3.05, 3.63) is 47.3 Å². The van der Waals surface area contributed by atoms with Gasteiger partial charge >= 0.3 is 0 Å². The number of hydrogen-bond acceptors (Lipinski definition) is 3. The van der Waals surface area contributed by atoms with Crippen LogP contribution in [0.1, 0.15) is 23.9 Å². The zero-order chi connectivity index (χ0) is 15.1. The number of benzene rings is 1. The first-order valence-corrected chi connectivity index (χ1v) is 7.63. The van der Waals surface area contributed by atoms with Crippen molar-refractivity contribution in [1.29, 1.82) is 0 Å². The highest BCUT2D eigenvalue weighted by atomic mass is 16.5. The van der Waals surface area contributed by atoms with Gasteiger partial charge in [0.2, 0.25) is 0 Å². The van der Waals surface area contributed by atoms with Crippen LogP contribution in [0.25, 0.3) is 0 Å². The van der Waals surface area contributed by atoms with Crippen LogP contribution in [0.5, 0.6) is 5.75 Å². The van der Waals surface area contributed by atoms with Crippen molar-refractivity contribution in [2.45, 2.75) is 33.7 Å². The number of aryl methyl sites for hydroxylation is 1. The maximum Gasteiger partial charge on any atom is 0.119 e. The molecule has 1 aromatic heterocycles. The third-order valence-electron chi connectivity index (χ3n) is 3.65. The van der Waals surface area contributed by atoms with Crippen molar-refractivity contribution in [3.8, 4) is 5.75 Å². The zero-order valence-corrected chi connectivity index (χ0v) is 13.2. The van der Waals surface area contributed by atoms with Gasteiger partial charge in [-0.05, 0) is 51.1 Å². The van der Waals surface area contributed by atoms with E-state index in [2.05, 4.69) is 35.9 Å². The lowest BCUT2D eigenvalue weighted by molar-refractivity contribution is 0.289. The molecule has 0 aliphatic carbocycles. The molecule has 0 aliphatic rings. The second-order valence-electron chi connectivity index (χ2n) is 5.14. The molecule has 0 radical (unpaired) electrons. The Kier molecular flexibility index (Phi) is 5.81. The summed E-state index contributed by atoms with van der Waals surface area (Å²) in [6.45, 7) is 9.79. The van der Waals surface area contributed by atoms with E-state index < -0.39 is 0 Å². The highest BCUT2D eigenvalue weighted by Gasteiger charge is 2.10. The van der Waals surface area contributed by atoms with Gasteiger partial charge < -0.3 is 10.1 Å². The lowest BCUT2D eigenvalue weighted by atomic mass is 10.1. The Bertz CT molecular complexity index is 549. The number of nitrogens with one attached hydrogen (secondary N) is 1. The monoisotopic (exact) mass is 287 g/mol. The molecule has 2 rings (SSSR count). The van der Waals surface area contributed by atoms with E-state index in [-0.39, 0.29) is 0 Å². The van der Waals surface area contributed by atoms with Gasteiger partial charge in [0.05, 0.1) is 12.2 Å². The molecular weight excluding hydrogens is 262 g/mol. The summed E-state index contributed by atoms with van der Waals surface area (Å²) >= 11 is 0. The van der Waals surface area contributed by atoms with E-state index in [4.69, 9.17) is 4.74 Å². The quantitative estimate of drug-likeness (QED) is 0.759. The SMILES string of the molecule is CCNCCc1c(C)nn(CCOc2ccccc2)c1C. The van der Waals surface area contributed by atoms with Gasteiger partial charge in [0.15, 0.2) is 0 Å². The summed E-state index contributed by atoms with van der Waals surface area (Å²) in [6.07, 6.45) is 1.03. The fourth-order valence-corrected chi connectivity index (χ4v) is 2.47. The highest BCUT2D eigenvalue weighted by Crippen LogP contribution is 2.14. The summed E-state index contributed by atoms with van der Waals surface area (Å²) in [5.74, 6) is 0.909. The van der Waals surface area contributed by atoms with Crippen LogP contribution < -0.4 is 10.1 Å². The van der Waals surface area contributed by atoms with Crippen molar-refractivity contribution in [2.75, 3.05) is 19.7 Å². The first-order valence-electron chi connectivity index (χ1n) is 7.63. The number of para-hydroxylation sites is 1. The van der Waals surface area contributed by atoms with Crippen LogP contribution >= 0.6 is 0 Å². The van der Waals surface area contributed by atoms with Crippen LogP contribution in [0.4, 0.5) is 0 Å². The molecule has 0 aliphatic heterocycles. The minimum absolute atomic E-state index is 0.638. The number of nitrogens with zero attached hydrogens (tertiary/aromatic N) is 2. The third kappa shape index (κ3) is 4.33. The zero-order valence-electron chi connectivity index (χ0n) is 13.2. The van der Waals surface area contributed by atoms with E-state index in [9.17, 15) is 0 Å². The Labute approximate surface area is 127 Å². The lowest BCUT2D eigenvalue weighted by Gasteiger charge is -2.08. The Morgan fingerprint density at radius 2 is 1.95 bits per heavy atom. The van der Waals surface area contributed by atoms with E-state index in [0.29, 0.717) is 6.61 Å². The topological polar surface area (TPSA) is 39.1 Å². The molecule has 114 valence electrons. The van der Waals surface area contributed by atoms with Gasteiger partial charge in [-0.3, -0.25) is 4.68 Å². The maximum atomic E-state index is 5.74. The largest absolute Gasteiger partial charge is 0.492 e. The van der Waals surface area contributed by atoms with E-state index in [1.54, 1.807) is 0 Å². The Hall–Kier alpha value is -1.81. The number of rotatable bonds is 8. The molecule has 0 amide bonds. The van der Waals surface area contributed by atoms with Crippen molar-refractivity contribution in [2.24, 2.45) is 0 Å². The molecule has 1 heterocycles. The minimum atomic E-state index is 0.638. The standard InChI is InChI=1S/C17H25N3O/c1-4-18-11-10-17-14(2)19-20(15(17)3)12-13-21-16-8-6-5-7-9-16/h5-9,18H,4,10-13H2,1-3H3. The van der Waals surface area contributed by atoms with E-state index in [1.807, 2.05) is 30.3 Å². The van der Waals surface area contributed by atoms with Crippen LogP contribution in [-0.4, -0.2) is 29.5 Å². The number of aromatic nitrogens is 2. The molecular formula is C17H25N3O. The van der Waals surface area contributed by atoms with Crippen LogP contribution in [0, 0.1) is 13.8 Å². The number of ether oxygens (including phenoxy) is 1. The van der Waals surface area contributed by atoms with Gasteiger partial charge in [-0.25, -0.2) is 0 Å². The van der Waals surface area contributed by atoms with Crippen LogP contribution in [0.2, 0.25) is 0 Å². The minimum Gasteiger partial charge on any atom is -0.492 e. The first kappa shape index (κ1) is 15.6. The molecule has 1 aromatic carbocycles. The highest BCUT2D eigenvalue weighted by molar-refractivity contribution is 5.25. The fraction of sp³-hybridized carbons (Fsp3) is 0.471. The number of likely N-dealkylation sites (N-methyl/N-ethyl adjacent to an activating group) is 1. The summed E-state index contributed by atoms with van der Waals surface area (Å²) in [5, 5.41) is 7.99. The smallest absolute Gasteiger partial charge is 0.119 e. The van der Waals surface area contributed by atoms with Crippen LogP contribution in [-0.2, 0) is 13.0 Å². The Balaban J connectivity index is 1.90. The molecule has 2 aromatic rings. The van der Waals surface area contributed by atoms with Gasteiger partial charge in [-0.1, -0.05) is 25.1 Å². The van der Waals surface area contributed by atoms with Crippen LogP contribution in [0.3, 0.4) is 0 Å². The molecule has 0 unspecified atom stereocenters. The Morgan fingerprint density at radius 1 is 1.19 bits per heavy atom. The molecule has 4 nitrogen and oxygen atoms in total. The molecule has 21 heavy (non-hydrogen) atoms. The van der Waals surface area contributed by atoms with Gasteiger partial charge in [0.1, 0.15) is 12.4 Å². The summed E-state index contributed by atoms with van der Waals surface area (Å²) < 4.78 is 7.79. The average molecular weight is 287 g/mol. The average Bonchev–Trinajstić information content (AvgIpc) is 2.76. The Morgan fingerprint density at radius 3 is 2.67 bits per heavy atom. The second-order valence-corrected chi connectivity index (χ2v) is 5.14. The van der Waals surface area contributed by atoms with Gasteiger partial charge in [0, 0.05) is 5.69 Å². The predicted octanol–water partition coefficient (Wildman–Crippen LogP) is 2.73. The van der Waals surface area contributed by atoms with Crippen molar-refractivity contribution < 1.29 is 4.74 Å². The molecule has 0 atom stereocenters. The van der Waals surface area contributed by atoms with Gasteiger partial charge in [-0.2, -0.15) is 5.10 Å². The summed E-state index contributed by atoms with van der Waals surface area (Å²) in [6, 6.07) is 9.91. The summed E-state index contributed by atoms with van der Waals surface area (Å²) in [5.41, 5.74) is 3.74. The maximum absolute atomic E-state index is 5.74.